The molecular formula is C30H25NO4S. The van der Waals surface area contributed by atoms with Crippen LogP contribution in [0.1, 0.15) is 16.7 Å². The molecule has 0 bridgehead atoms. The van der Waals surface area contributed by atoms with E-state index in [0.29, 0.717) is 23.9 Å². The molecule has 1 aliphatic heterocycles. The van der Waals surface area contributed by atoms with Gasteiger partial charge in [-0.3, -0.25) is 14.5 Å². The number of imide groups is 1. The van der Waals surface area contributed by atoms with E-state index in [0.717, 1.165) is 39.4 Å². The van der Waals surface area contributed by atoms with Gasteiger partial charge in [-0.15, -0.1) is 0 Å². The van der Waals surface area contributed by atoms with Gasteiger partial charge in [0.15, 0.2) is 0 Å². The molecule has 0 spiro atoms. The highest BCUT2D eigenvalue weighted by molar-refractivity contribution is 8.18. The molecule has 4 aromatic carbocycles. The number of aryl methyl sites for hydroxylation is 1. The van der Waals surface area contributed by atoms with E-state index in [1.54, 1.807) is 6.08 Å². The van der Waals surface area contributed by atoms with Gasteiger partial charge in [0.05, 0.1) is 11.4 Å². The number of amides is 2. The minimum absolute atomic E-state index is 0.237. The van der Waals surface area contributed by atoms with Crippen molar-refractivity contribution in [1.29, 1.82) is 0 Å². The van der Waals surface area contributed by atoms with Crippen molar-refractivity contribution in [2.24, 2.45) is 0 Å². The van der Waals surface area contributed by atoms with Crippen molar-refractivity contribution < 1.29 is 19.1 Å². The number of carbonyl (C=O) groups is 2. The summed E-state index contributed by atoms with van der Waals surface area (Å²) in [6, 6.07) is 29.3. The van der Waals surface area contributed by atoms with Crippen LogP contribution in [0.15, 0.2) is 95.9 Å². The number of nitrogens with zero attached hydrogens (tertiary/aromatic N) is 1. The highest BCUT2D eigenvalue weighted by atomic mass is 32.2. The average Bonchev–Trinajstić information content (AvgIpc) is 3.15. The number of ether oxygens (including phenoxy) is 2. The molecule has 0 N–H and O–H groups in total. The molecule has 4 aromatic rings. The fourth-order valence-electron chi connectivity index (χ4n) is 3.97. The van der Waals surface area contributed by atoms with Crippen LogP contribution >= 0.6 is 11.8 Å². The molecule has 2 amide bonds. The molecule has 1 fully saturated rings. The van der Waals surface area contributed by atoms with Crippen molar-refractivity contribution in [2.45, 2.75) is 13.5 Å². The van der Waals surface area contributed by atoms with Gasteiger partial charge in [-0.1, -0.05) is 72.3 Å². The maximum Gasteiger partial charge on any atom is 0.293 e. The van der Waals surface area contributed by atoms with Crippen molar-refractivity contribution in [3.8, 4) is 11.5 Å². The standard InChI is InChI=1S/C30H25NO4S/c1-21-10-14-26(15-11-21)34-16-17-35-27-9-5-4-8-25(27)19-28-29(32)31(30(33)36-28)20-22-12-13-23-6-2-3-7-24(23)18-22/h2-15,18-19H,16-17,20H2,1H3/b28-19-. The van der Waals surface area contributed by atoms with Gasteiger partial charge in [-0.25, -0.2) is 0 Å². The molecular weight excluding hydrogens is 470 g/mol. The van der Waals surface area contributed by atoms with Gasteiger partial charge in [-0.05, 0) is 65.4 Å². The summed E-state index contributed by atoms with van der Waals surface area (Å²) in [5.41, 5.74) is 2.83. The number of thioether (sulfide) groups is 1. The first kappa shape index (κ1) is 23.7. The summed E-state index contributed by atoms with van der Waals surface area (Å²) < 4.78 is 11.7. The molecule has 0 aliphatic carbocycles. The van der Waals surface area contributed by atoms with Crippen molar-refractivity contribution in [3.63, 3.8) is 0 Å². The Morgan fingerprint density at radius 2 is 1.53 bits per heavy atom. The fraction of sp³-hybridized carbons (Fsp3) is 0.133. The molecule has 1 heterocycles. The van der Waals surface area contributed by atoms with Crippen molar-refractivity contribution in [2.75, 3.05) is 13.2 Å². The second-order valence-corrected chi connectivity index (χ2v) is 9.49. The second kappa shape index (κ2) is 10.7. The van der Waals surface area contributed by atoms with Crippen LogP contribution in [0, 0.1) is 6.92 Å². The summed E-state index contributed by atoms with van der Waals surface area (Å²) in [5.74, 6) is 1.12. The van der Waals surface area contributed by atoms with Crippen LogP contribution in [0.5, 0.6) is 11.5 Å². The van der Waals surface area contributed by atoms with Gasteiger partial charge in [0, 0.05) is 5.56 Å². The molecule has 1 aliphatic rings. The molecule has 36 heavy (non-hydrogen) atoms. The Balaban J connectivity index is 1.25. The monoisotopic (exact) mass is 495 g/mol. The third kappa shape index (κ3) is 5.44. The van der Waals surface area contributed by atoms with Crippen LogP contribution in [0.4, 0.5) is 4.79 Å². The number of benzene rings is 4. The number of hydrogen-bond donors (Lipinski definition) is 0. The molecule has 0 unspecified atom stereocenters. The Morgan fingerprint density at radius 3 is 2.36 bits per heavy atom. The predicted molar refractivity (Wildman–Crippen MR) is 144 cm³/mol. The molecule has 0 aromatic heterocycles. The Kier molecular flexibility index (Phi) is 7.05. The van der Waals surface area contributed by atoms with E-state index in [4.69, 9.17) is 9.47 Å². The molecule has 6 heteroatoms. The third-order valence-electron chi connectivity index (χ3n) is 5.86. The van der Waals surface area contributed by atoms with E-state index in [-0.39, 0.29) is 17.7 Å². The Labute approximate surface area is 214 Å². The second-order valence-electron chi connectivity index (χ2n) is 8.50. The SMILES string of the molecule is Cc1ccc(OCCOc2ccccc2/C=C2\SC(=O)N(Cc3ccc4ccccc4c3)C2=O)cc1. The van der Waals surface area contributed by atoms with Crippen molar-refractivity contribution in [3.05, 3.63) is 113 Å². The average molecular weight is 496 g/mol. The van der Waals surface area contributed by atoms with Gasteiger partial charge < -0.3 is 9.47 Å². The molecule has 1 saturated heterocycles. The van der Waals surface area contributed by atoms with E-state index in [2.05, 4.69) is 0 Å². The first-order chi connectivity index (χ1) is 17.6. The van der Waals surface area contributed by atoms with E-state index in [1.165, 1.54) is 10.5 Å². The summed E-state index contributed by atoms with van der Waals surface area (Å²) in [6.07, 6.45) is 1.72. The van der Waals surface area contributed by atoms with Crippen LogP contribution in [0.2, 0.25) is 0 Å². The van der Waals surface area contributed by atoms with Crippen molar-refractivity contribution in [1.82, 2.24) is 4.90 Å². The van der Waals surface area contributed by atoms with E-state index in [1.807, 2.05) is 97.9 Å². The van der Waals surface area contributed by atoms with Crippen LogP contribution in [-0.2, 0) is 11.3 Å². The van der Waals surface area contributed by atoms with E-state index >= 15 is 0 Å². The summed E-state index contributed by atoms with van der Waals surface area (Å²) in [5, 5.41) is 1.93. The maximum atomic E-state index is 13.1. The minimum Gasteiger partial charge on any atom is -0.490 e. The van der Waals surface area contributed by atoms with Gasteiger partial charge in [0.2, 0.25) is 0 Å². The number of carbonyl (C=O) groups excluding carboxylic acids is 2. The Hall–Kier alpha value is -4.03. The lowest BCUT2D eigenvalue weighted by atomic mass is 10.1. The van der Waals surface area contributed by atoms with E-state index in [9.17, 15) is 9.59 Å². The van der Waals surface area contributed by atoms with Gasteiger partial charge in [0.1, 0.15) is 24.7 Å². The first-order valence-electron chi connectivity index (χ1n) is 11.7. The lowest BCUT2D eigenvalue weighted by molar-refractivity contribution is -0.123. The molecule has 0 saturated carbocycles. The zero-order chi connectivity index (χ0) is 24.9. The van der Waals surface area contributed by atoms with Gasteiger partial charge >= 0.3 is 0 Å². The number of hydrogen-bond acceptors (Lipinski definition) is 5. The van der Waals surface area contributed by atoms with Crippen molar-refractivity contribution >= 4 is 39.8 Å². The van der Waals surface area contributed by atoms with Gasteiger partial charge in [-0.2, -0.15) is 0 Å². The third-order valence-corrected chi connectivity index (χ3v) is 6.77. The number of rotatable bonds is 8. The maximum absolute atomic E-state index is 13.1. The Bertz CT molecular complexity index is 1450. The fourth-order valence-corrected chi connectivity index (χ4v) is 4.80. The Morgan fingerprint density at radius 1 is 0.806 bits per heavy atom. The van der Waals surface area contributed by atoms with Crippen LogP contribution in [0.25, 0.3) is 16.8 Å². The number of fused-ring (bicyclic) bond motifs is 1. The minimum atomic E-state index is -0.296. The predicted octanol–water partition coefficient (Wildman–Crippen LogP) is 6.84. The summed E-state index contributed by atoms with van der Waals surface area (Å²) in [6.45, 7) is 3.01. The lowest BCUT2D eigenvalue weighted by Gasteiger charge is -2.13. The summed E-state index contributed by atoms with van der Waals surface area (Å²) in [7, 11) is 0. The first-order valence-corrected chi connectivity index (χ1v) is 12.5. The smallest absolute Gasteiger partial charge is 0.293 e. The zero-order valence-corrected chi connectivity index (χ0v) is 20.7. The quantitative estimate of drug-likeness (QED) is 0.198. The largest absolute Gasteiger partial charge is 0.490 e. The van der Waals surface area contributed by atoms with Crippen LogP contribution < -0.4 is 9.47 Å². The molecule has 0 radical (unpaired) electrons. The van der Waals surface area contributed by atoms with Crippen LogP contribution in [-0.4, -0.2) is 29.3 Å². The highest BCUT2D eigenvalue weighted by Crippen LogP contribution is 2.35. The molecule has 0 atom stereocenters. The lowest BCUT2D eigenvalue weighted by Crippen LogP contribution is -2.27. The van der Waals surface area contributed by atoms with Crippen LogP contribution in [0.3, 0.4) is 0 Å². The normalized spacial score (nSPS) is 14.6. The topological polar surface area (TPSA) is 55.8 Å². The molecule has 5 nitrogen and oxygen atoms in total. The molecule has 5 rings (SSSR count). The molecule has 180 valence electrons. The summed E-state index contributed by atoms with van der Waals surface area (Å²) >= 11 is 0.953. The van der Waals surface area contributed by atoms with Gasteiger partial charge in [0.25, 0.3) is 11.1 Å². The zero-order valence-electron chi connectivity index (χ0n) is 19.8. The summed E-state index contributed by atoms with van der Waals surface area (Å²) in [4.78, 5) is 27.5. The highest BCUT2D eigenvalue weighted by Gasteiger charge is 2.35. The van der Waals surface area contributed by atoms with E-state index < -0.39 is 0 Å². The number of para-hydroxylation sites is 1.